The predicted octanol–water partition coefficient (Wildman–Crippen LogP) is 0.952. The normalized spacial score (nSPS) is 56.0. The van der Waals surface area contributed by atoms with Crippen molar-refractivity contribution in [3.8, 4) is 0 Å². The molecular formula is C15H18O5. The van der Waals surface area contributed by atoms with Gasteiger partial charge < -0.3 is 14.6 Å². The number of cyclic esters (lactones) is 1. The van der Waals surface area contributed by atoms with Crippen LogP contribution < -0.4 is 0 Å². The van der Waals surface area contributed by atoms with Gasteiger partial charge in [-0.05, 0) is 13.8 Å². The van der Waals surface area contributed by atoms with Gasteiger partial charge in [0.15, 0.2) is 0 Å². The number of ether oxygens (including phenoxy) is 2. The Morgan fingerprint density at radius 1 is 1.35 bits per heavy atom. The van der Waals surface area contributed by atoms with E-state index in [-0.39, 0.29) is 25.0 Å². The first kappa shape index (κ1) is 12.4. The van der Waals surface area contributed by atoms with Crippen LogP contribution in [-0.2, 0) is 19.1 Å². The molecule has 1 N–H and O–H groups in total. The van der Waals surface area contributed by atoms with Gasteiger partial charge in [0.25, 0.3) is 0 Å². The van der Waals surface area contributed by atoms with E-state index in [9.17, 15) is 14.7 Å². The fourth-order valence-corrected chi connectivity index (χ4v) is 5.39. The number of carbonyl (C=O) groups is 2. The van der Waals surface area contributed by atoms with Crippen LogP contribution in [0.4, 0.5) is 0 Å². The smallest absolute Gasteiger partial charge is 0.315 e. The van der Waals surface area contributed by atoms with Gasteiger partial charge in [-0.3, -0.25) is 9.59 Å². The Morgan fingerprint density at radius 2 is 2.05 bits per heavy atom. The van der Waals surface area contributed by atoms with Crippen molar-refractivity contribution in [2.24, 2.45) is 16.2 Å². The quantitative estimate of drug-likeness (QED) is 0.527. The van der Waals surface area contributed by atoms with Crippen LogP contribution in [0.15, 0.2) is 11.6 Å². The molecule has 0 unspecified atom stereocenters. The molecule has 2 heterocycles. The minimum absolute atomic E-state index is 0.148. The molecule has 0 aromatic rings. The topological polar surface area (TPSA) is 72.8 Å². The zero-order valence-electron chi connectivity index (χ0n) is 11.9. The van der Waals surface area contributed by atoms with Crippen molar-refractivity contribution in [2.45, 2.75) is 45.3 Å². The molecule has 0 amide bonds. The SMILES string of the molecule is CC1=CC[C@@]23OC(=O)C[C@@]12[C@@H](O)[C@@]1(C)C(=O)OC[C@@]31C. The molecule has 3 fully saturated rings. The Labute approximate surface area is 116 Å². The van der Waals surface area contributed by atoms with E-state index in [2.05, 4.69) is 0 Å². The molecule has 4 aliphatic rings. The Morgan fingerprint density at radius 3 is 2.75 bits per heavy atom. The second-order valence-electron chi connectivity index (χ2n) is 7.05. The van der Waals surface area contributed by atoms with Crippen molar-refractivity contribution in [3.05, 3.63) is 11.6 Å². The van der Waals surface area contributed by atoms with Crippen molar-refractivity contribution in [2.75, 3.05) is 6.61 Å². The molecule has 2 aliphatic carbocycles. The van der Waals surface area contributed by atoms with Gasteiger partial charge in [-0.15, -0.1) is 0 Å². The molecule has 0 aromatic heterocycles. The summed E-state index contributed by atoms with van der Waals surface area (Å²) >= 11 is 0. The lowest BCUT2D eigenvalue weighted by molar-refractivity contribution is -0.165. The van der Waals surface area contributed by atoms with Gasteiger partial charge in [0.2, 0.25) is 0 Å². The van der Waals surface area contributed by atoms with Crippen LogP contribution in [0.3, 0.4) is 0 Å². The van der Waals surface area contributed by atoms with Gasteiger partial charge in [0, 0.05) is 6.42 Å². The average Bonchev–Trinajstić information content (AvgIpc) is 2.97. The predicted molar refractivity (Wildman–Crippen MR) is 67.4 cm³/mol. The second-order valence-corrected chi connectivity index (χ2v) is 7.05. The minimum Gasteiger partial charge on any atom is -0.464 e. The van der Waals surface area contributed by atoms with E-state index >= 15 is 0 Å². The third-order valence-electron chi connectivity index (χ3n) is 6.80. The Hall–Kier alpha value is -1.36. The van der Waals surface area contributed by atoms with Gasteiger partial charge in [0.1, 0.15) is 17.6 Å². The number of aliphatic hydroxyl groups is 1. The first-order chi connectivity index (χ1) is 9.26. The Bertz CT molecular complexity index is 595. The maximum atomic E-state index is 12.3. The van der Waals surface area contributed by atoms with Gasteiger partial charge in [-0.25, -0.2) is 0 Å². The molecule has 108 valence electrons. The lowest BCUT2D eigenvalue weighted by Crippen LogP contribution is -2.52. The standard InChI is InChI=1S/C15H18O5/c1-8-4-5-15-12(2)7-19-11(18)13(12,3)10(17)14(8,15)6-9(16)20-15/h4,10,17H,5-7H2,1-3H3/t10-,12+,13-,14-,15-/m0/s1. The highest BCUT2D eigenvalue weighted by molar-refractivity contribution is 5.86. The average molecular weight is 278 g/mol. The lowest BCUT2D eigenvalue weighted by atomic mass is 9.62. The number of fused-ring (bicyclic) bond motifs is 1. The summed E-state index contributed by atoms with van der Waals surface area (Å²) in [5, 5.41) is 11.0. The summed E-state index contributed by atoms with van der Waals surface area (Å²) in [5.41, 5.74) is -2.38. The molecule has 5 heteroatoms. The summed E-state index contributed by atoms with van der Waals surface area (Å²) in [6.45, 7) is 5.77. The van der Waals surface area contributed by atoms with E-state index in [1.807, 2.05) is 19.9 Å². The Kier molecular flexibility index (Phi) is 1.83. The summed E-state index contributed by atoms with van der Waals surface area (Å²) in [6.07, 6.45) is 1.77. The van der Waals surface area contributed by atoms with Crippen LogP contribution >= 0.6 is 0 Å². The van der Waals surface area contributed by atoms with E-state index in [0.717, 1.165) is 5.57 Å². The molecule has 0 radical (unpaired) electrons. The van der Waals surface area contributed by atoms with E-state index in [4.69, 9.17) is 9.47 Å². The first-order valence-corrected chi connectivity index (χ1v) is 7.01. The van der Waals surface area contributed by atoms with Crippen molar-refractivity contribution < 1.29 is 24.2 Å². The largest absolute Gasteiger partial charge is 0.464 e. The van der Waals surface area contributed by atoms with Gasteiger partial charge in [-0.2, -0.15) is 0 Å². The van der Waals surface area contributed by atoms with Gasteiger partial charge in [0.05, 0.1) is 23.4 Å². The maximum Gasteiger partial charge on any atom is 0.315 e. The van der Waals surface area contributed by atoms with Gasteiger partial charge >= 0.3 is 11.9 Å². The summed E-state index contributed by atoms with van der Waals surface area (Å²) in [5.74, 6) is -0.675. The molecule has 0 aromatic carbocycles. The molecule has 2 aliphatic heterocycles. The van der Waals surface area contributed by atoms with Crippen LogP contribution in [0.5, 0.6) is 0 Å². The fourth-order valence-electron chi connectivity index (χ4n) is 5.39. The molecule has 0 bridgehead atoms. The van der Waals surface area contributed by atoms with Crippen molar-refractivity contribution in [1.82, 2.24) is 0 Å². The molecule has 2 saturated heterocycles. The molecule has 4 rings (SSSR count). The first-order valence-electron chi connectivity index (χ1n) is 7.01. The van der Waals surface area contributed by atoms with Crippen LogP contribution in [-0.4, -0.2) is 35.4 Å². The summed E-state index contributed by atoms with van der Waals surface area (Å²) in [6, 6.07) is 0. The lowest BCUT2D eigenvalue weighted by Gasteiger charge is -2.43. The maximum absolute atomic E-state index is 12.3. The Balaban J connectivity index is 2.05. The van der Waals surface area contributed by atoms with Gasteiger partial charge in [-0.1, -0.05) is 18.6 Å². The molecule has 0 spiro atoms. The zero-order valence-corrected chi connectivity index (χ0v) is 11.9. The highest BCUT2D eigenvalue weighted by atomic mass is 16.6. The van der Waals surface area contributed by atoms with E-state index in [1.54, 1.807) is 6.92 Å². The minimum atomic E-state index is -1.02. The molecular weight excluding hydrogens is 260 g/mol. The second kappa shape index (κ2) is 2.96. The summed E-state index contributed by atoms with van der Waals surface area (Å²) in [7, 11) is 0. The van der Waals surface area contributed by atoms with Crippen molar-refractivity contribution >= 4 is 11.9 Å². The number of rotatable bonds is 0. The van der Waals surface area contributed by atoms with Crippen LogP contribution in [0.1, 0.15) is 33.6 Å². The molecule has 5 nitrogen and oxygen atoms in total. The monoisotopic (exact) mass is 278 g/mol. The summed E-state index contributed by atoms with van der Waals surface area (Å²) in [4.78, 5) is 24.3. The third kappa shape index (κ3) is 0.793. The van der Waals surface area contributed by atoms with E-state index < -0.39 is 27.9 Å². The van der Waals surface area contributed by atoms with Crippen LogP contribution in [0, 0.1) is 16.2 Å². The van der Waals surface area contributed by atoms with Crippen molar-refractivity contribution in [1.29, 1.82) is 0 Å². The molecule has 5 atom stereocenters. The van der Waals surface area contributed by atoms with E-state index in [1.165, 1.54) is 0 Å². The number of esters is 2. The third-order valence-corrected chi connectivity index (χ3v) is 6.80. The van der Waals surface area contributed by atoms with Crippen LogP contribution in [0.2, 0.25) is 0 Å². The highest BCUT2D eigenvalue weighted by Crippen LogP contribution is 2.78. The fraction of sp³-hybridized carbons (Fsp3) is 0.733. The highest BCUT2D eigenvalue weighted by Gasteiger charge is 2.88. The number of hydrogen-bond donors (Lipinski definition) is 1. The summed E-state index contributed by atoms with van der Waals surface area (Å²) < 4.78 is 11.0. The zero-order chi connectivity index (χ0) is 14.6. The molecule has 1 saturated carbocycles. The number of carbonyl (C=O) groups excluding carboxylic acids is 2. The van der Waals surface area contributed by atoms with Crippen molar-refractivity contribution in [3.63, 3.8) is 0 Å². The number of aliphatic hydroxyl groups excluding tert-OH is 1. The van der Waals surface area contributed by atoms with Crippen LogP contribution in [0.25, 0.3) is 0 Å². The molecule has 20 heavy (non-hydrogen) atoms. The number of hydrogen-bond acceptors (Lipinski definition) is 5. The van der Waals surface area contributed by atoms with E-state index in [0.29, 0.717) is 6.42 Å².